The maximum Gasteiger partial charge on any atom is 0.322 e. The van der Waals surface area contributed by atoms with Crippen LogP contribution in [0.1, 0.15) is 32.3 Å². The Kier molecular flexibility index (Phi) is 6.19. The largest absolute Gasteiger partial charge is 0.480 e. The maximum absolute atomic E-state index is 12.3. The molecule has 2 rings (SSSR count). The summed E-state index contributed by atoms with van der Waals surface area (Å²) in [6.07, 6.45) is 2.17. The van der Waals surface area contributed by atoms with Gasteiger partial charge in [-0.2, -0.15) is 4.31 Å². The van der Waals surface area contributed by atoms with Crippen molar-refractivity contribution in [2.24, 2.45) is 5.92 Å². The van der Waals surface area contributed by atoms with Crippen molar-refractivity contribution >= 4 is 26.8 Å². The SMILES string of the molecule is CCC(C)CC(C(=O)O)N(Cc1ccc2ccccc2c1)S(C)(=O)=O. The van der Waals surface area contributed by atoms with E-state index in [2.05, 4.69) is 0 Å². The minimum atomic E-state index is -3.66. The Balaban J connectivity index is 2.37. The molecule has 0 saturated carbocycles. The zero-order valence-corrected chi connectivity index (χ0v) is 15.7. The molecule has 0 amide bonds. The number of carbonyl (C=O) groups is 1. The highest BCUT2D eigenvalue weighted by atomic mass is 32.2. The van der Waals surface area contributed by atoms with Crippen molar-refractivity contribution in [2.45, 2.75) is 39.3 Å². The summed E-state index contributed by atoms with van der Waals surface area (Å²) >= 11 is 0. The van der Waals surface area contributed by atoms with E-state index in [-0.39, 0.29) is 12.5 Å². The molecule has 0 bridgehead atoms. The summed E-state index contributed by atoms with van der Waals surface area (Å²) in [4.78, 5) is 11.7. The minimum Gasteiger partial charge on any atom is -0.480 e. The van der Waals surface area contributed by atoms with Crippen LogP contribution in [0.4, 0.5) is 0 Å². The Bertz CT molecular complexity index is 847. The molecule has 2 atom stereocenters. The second kappa shape index (κ2) is 7.97. The summed E-state index contributed by atoms with van der Waals surface area (Å²) in [5.41, 5.74) is 0.777. The monoisotopic (exact) mass is 363 g/mol. The van der Waals surface area contributed by atoms with Gasteiger partial charge in [-0.1, -0.05) is 56.7 Å². The zero-order chi connectivity index (χ0) is 18.6. The average Bonchev–Trinajstić information content (AvgIpc) is 2.56. The smallest absolute Gasteiger partial charge is 0.322 e. The molecule has 0 radical (unpaired) electrons. The van der Waals surface area contributed by atoms with Gasteiger partial charge in [-0.25, -0.2) is 8.42 Å². The average molecular weight is 363 g/mol. The van der Waals surface area contributed by atoms with Crippen LogP contribution in [-0.2, 0) is 21.4 Å². The van der Waals surface area contributed by atoms with Gasteiger partial charge in [0.15, 0.2) is 0 Å². The van der Waals surface area contributed by atoms with E-state index in [1.807, 2.05) is 56.3 Å². The van der Waals surface area contributed by atoms with E-state index in [1.54, 1.807) is 0 Å². The molecule has 0 aromatic heterocycles. The van der Waals surface area contributed by atoms with Crippen molar-refractivity contribution in [3.63, 3.8) is 0 Å². The van der Waals surface area contributed by atoms with Crippen LogP contribution in [0.3, 0.4) is 0 Å². The number of hydrogen-bond acceptors (Lipinski definition) is 3. The van der Waals surface area contributed by atoms with Gasteiger partial charge in [0.2, 0.25) is 10.0 Å². The topological polar surface area (TPSA) is 74.7 Å². The van der Waals surface area contributed by atoms with Crippen molar-refractivity contribution in [3.05, 3.63) is 48.0 Å². The van der Waals surface area contributed by atoms with Crippen molar-refractivity contribution in [3.8, 4) is 0 Å². The first kappa shape index (κ1) is 19.4. The third-order valence-electron chi connectivity index (χ3n) is 4.53. The number of nitrogens with zero attached hydrogens (tertiary/aromatic N) is 1. The van der Waals surface area contributed by atoms with Crippen molar-refractivity contribution < 1.29 is 18.3 Å². The van der Waals surface area contributed by atoms with E-state index in [9.17, 15) is 18.3 Å². The van der Waals surface area contributed by atoms with Crippen LogP contribution >= 0.6 is 0 Å². The summed E-state index contributed by atoms with van der Waals surface area (Å²) < 4.78 is 25.7. The molecule has 0 fully saturated rings. The Morgan fingerprint density at radius 3 is 2.36 bits per heavy atom. The van der Waals surface area contributed by atoms with Crippen LogP contribution < -0.4 is 0 Å². The molecule has 2 aromatic rings. The van der Waals surface area contributed by atoms with Gasteiger partial charge in [0.05, 0.1) is 6.26 Å². The fraction of sp³-hybridized carbons (Fsp3) is 0.421. The van der Waals surface area contributed by atoms with Crippen molar-refractivity contribution in [2.75, 3.05) is 6.26 Å². The van der Waals surface area contributed by atoms with E-state index in [0.717, 1.165) is 33.3 Å². The molecular formula is C19H25NO4S. The zero-order valence-electron chi connectivity index (χ0n) is 14.8. The Morgan fingerprint density at radius 1 is 1.16 bits per heavy atom. The van der Waals surface area contributed by atoms with E-state index in [0.29, 0.717) is 6.42 Å². The predicted octanol–water partition coefficient (Wildman–Crippen LogP) is 3.49. The molecule has 2 unspecified atom stereocenters. The first-order chi connectivity index (χ1) is 11.7. The number of sulfonamides is 1. The highest BCUT2D eigenvalue weighted by Gasteiger charge is 2.33. The maximum atomic E-state index is 12.3. The van der Waals surface area contributed by atoms with Gasteiger partial charge in [-0.15, -0.1) is 0 Å². The Labute approximate surface area is 149 Å². The van der Waals surface area contributed by atoms with Gasteiger partial charge >= 0.3 is 5.97 Å². The Hall–Kier alpha value is -1.92. The molecule has 2 aromatic carbocycles. The van der Waals surface area contributed by atoms with Crippen LogP contribution in [-0.4, -0.2) is 36.1 Å². The van der Waals surface area contributed by atoms with E-state index < -0.39 is 22.0 Å². The van der Waals surface area contributed by atoms with Gasteiger partial charge in [0, 0.05) is 6.54 Å². The number of hydrogen-bond donors (Lipinski definition) is 1. The number of carboxylic acid groups (broad SMARTS) is 1. The lowest BCUT2D eigenvalue weighted by Gasteiger charge is -2.28. The van der Waals surface area contributed by atoms with E-state index >= 15 is 0 Å². The first-order valence-corrected chi connectivity index (χ1v) is 10.2. The van der Waals surface area contributed by atoms with Crippen LogP contribution in [0.25, 0.3) is 10.8 Å². The number of aliphatic carboxylic acids is 1. The number of benzene rings is 2. The molecule has 0 saturated heterocycles. The van der Waals surface area contributed by atoms with Gasteiger partial charge in [0.25, 0.3) is 0 Å². The molecule has 0 aliphatic rings. The molecule has 0 aliphatic carbocycles. The van der Waals surface area contributed by atoms with Gasteiger partial charge in [-0.3, -0.25) is 4.79 Å². The predicted molar refractivity (Wildman–Crippen MR) is 99.8 cm³/mol. The molecule has 1 N–H and O–H groups in total. The number of rotatable bonds is 8. The standard InChI is InChI=1S/C19H25NO4S/c1-4-14(2)11-18(19(21)22)20(25(3,23)24)13-15-9-10-16-7-5-6-8-17(16)12-15/h5-10,12,14,18H,4,11,13H2,1-3H3,(H,21,22). The minimum absolute atomic E-state index is 0.0526. The van der Waals surface area contributed by atoms with Crippen LogP contribution in [0.2, 0.25) is 0 Å². The third-order valence-corrected chi connectivity index (χ3v) is 5.77. The molecule has 25 heavy (non-hydrogen) atoms. The summed E-state index contributed by atoms with van der Waals surface area (Å²) in [5, 5.41) is 11.7. The lowest BCUT2D eigenvalue weighted by molar-refractivity contribution is -0.142. The second-order valence-electron chi connectivity index (χ2n) is 6.59. The molecule has 5 nitrogen and oxygen atoms in total. The van der Waals surface area contributed by atoms with Gasteiger partial charge < -0.3 is 5.11 Å². The molecule has 6 heteroatoms. The molecule has 0 spiro atoms. The van der Waals surface area contributed by atoms with Crippen molar-refractivity contribution in [1.29, 1.82) is 0 Å². The number of fused-ring (bicyclic) bond motifs is 1. The quantitative estimate of drug-likeness (QED) is 0.779. The van der Waals surface area contributed by atoms with E-state index in [1.165, 1.54) is 0 Å². The fourth-order valence-electron chi connectivity index (χ4n) is 2.87. The summed E-state index contributed by atoms with van der Waals surface area (Å²) in [6, 6.07) is 12.4. The summed E-state index contributed by atoms with van der Waals surface area (Å²) in [5.74, 6) is -0.978. The first-order valence-electron chi connectivity index (χ1n) is 8.39. The van der Waals surface area contributed by atoms with Gasteiger partial charge in [0.1, 0.15) is 6.04 Å². The summed E-state index contributed by atoms with van der Waals surface area (Å²) in [7, 11) is -3.66. The van der Waals surface area contributed by atoms with Crippen LogP contribution in [0.15, 0.2) is 42.5 Å². The lowest BCUT2D eigenvalue weighted by atomic mass is 9.99. The molecular weight excluding hydrogens is 338 g/mol. The van der Waals surface area contributed by atoms with Crippen molar-refractivity contribution in [1.82, 2.24) is 4.31 Å². The lowest BCUT2D eigenvalue weighted by Crippen LogP contribution is -2.44. The fourth-order valence-corrected chi connectivity index (χ4v) is 3.89. The molecule has 0 heterocycles. The Morgan fingerprint density at radius 2 is 1.80 bits per heavy atom. The normalized spacial score (nSPS) is 14.6. The highest BCUT2D eigenvalue weighted by Crippen LogP contribution is 2.22. The molecule has 0 aliphatic heterocycles. The summed E-state index contributed by atoms with van der Waals surface area (Å²) in [6.45, 7) is 3.96. The second-order valence-corrected chi connectivity index (χ2v) is 8.53. The van der Waals surface area contributed by atoms with Gasteiger partial charge in [-0.05, 0) is 34.7 Å². The highest BCUT2D eigenvalue weighted by molar-refractivity contribution is 7.88. The number of carboxylic acids is 1. The van der Waals surface area contributed by atoms with Crippen LogP contribution in [0, 0.1) is 5.92 Å². The molecule has 136 valence electrons. The van der Waals surface area contributed by atoms with E-state index in [4.69, 9.17) is 0 Å². The van der Waals surface area contributed by atoms with Crippen LogP contribution in [0.5, 0.6) is 0 Å². The third kappa shape index (κ3) is 5.03.